The number of likely N-dealkylation sites (N-methyl/N-ethyl adjacent to an activating group) is 1. The zero-order chi connectivity index (χ0) is 32.6. The Balaban J connectivity index is 1.61. The fourth-order valence-corrected chi connectivity index (χ4v) is 7.82. The molecule has 1 saturated carbocycles. The molecular weight excluding hydrogens is 594 g/mol. The Labute approximate surface area is 259 Å². The number of primary amides is 1. The van der Waals surface area contributed by atoms with Gasteiger partial charge in [0.25, 0.3) is 5.91 Å². The number of Topliss-reactive ketones (excluding diaryl/α,β-unsaturated/α-hetero) is 2. The summed E-state index contributed by atoms with van der Waals surface area (Å²) >= 11 is 6.76. The van der Waals surface area contributed by atoms with E-state index < -0.39 is 69.7 Å². The first-order valence-corrected chi connectivity index (χ1v) is 14.8. The highest BCUT2D eigenvalue weighted by molar-refractivity contribution is 6.38. The first kappa shape index (κ1) is 31.8. The lowest BCUT2D eigenvalue weighted by Crippen LogP contribution is -2.63. The van der Waals surface area contributed by atoms with Crippen LogP contribution in [0.2, 0.25) is 5.02 Å². The number of rotatable bonds is 7. The Morgan fingerprint density at radius 1 is 1.09 bits per heavy atom. The highest BCUT2D eigenvalue weighted by Crippen LogP contribution is 2.55. The van der Waals surface area contributed by atoms with E-state index in [1.165, 1.54) is 4.90 Å². The van der Waals surface area contributed by atoms with E-state index in [0.717, 1.165) is 12.8 Å². The molecule has 0 aliphatic heterocycles. The molecule has 13 nitrogen and oxygen atoms in total. The van der Waals surface area contributed by atoms with Crippen LogP contribution >= 0.6 is 11.6 Å². The number of fused-ring (bicyclic) bond motifs is 3. The molecule has 4 aliphatic carbocycles. The molecule has 5 rings (SSSR count). The zero-order valence-corrected chi connectivity index (χ0v) is 25.9. The predicted octanol–water partition coefficient (Wildman–Crippen LogP) is 1.17. The summed E-state index contributed by atoms with van der Waals surface area (Å²) in [5, 5.41) is 51.4. The van der Waals surface area contributed by atoms with Crippen LogP contribution in [0.25, 0.3) is 0 Å². The number of aromatic hydroxyl groups is 1. The number of allylic oxidation sites excluding steroid dienone is 1. The fourth-order valence-electron chi connectivity index (χ4n) is 7.40. The summed E-state index contributed by atoms with van der Waals surface area (Å²) in [6.07, 6.45) is 1.89. The Kier molecular flexibility index (Phi) is 7.98. The fraction of sp³-hybridized carbons (Fsp3) is 0.533. The van der Waals surface area contributed by atoms with Crippen molar-refractivity contribution in [3.05, 3.63) is 38.8 Å². The minimum Gasteiger partial charge on any atom is -0.510 e. The molecule has 0 spiro atoms. The highest BCUT2D eigenvalue weighted by Gasteiger charge is 2.63. The van der Waals surface area contributed by atoms with Crippen LogP contribution < -0.4 is 21.3 Å². The lowest BCUT2D eigenvalue weighted by Gasteiger charge is -2.50. The van der Waals surface area contributed by atoms with Crippen molar-refractivity contribution >= 4 is 46.4 Å². The van der Waals surface area contributed by atoms with Crippen molar-refractivity contribution in [3.63, 3.8) is 0 Å². The maximum Gasteiger partial charge on any atom is 0.255 e. The van der Waals surface area contributed by atoms with Gasteiger partial charge in [0.2, 0.25) is 11.7 Å². The molecule has 3 unspecified atom stereocenters. The Hall–Kier alpha value is -3.65. The van der Waals surface area contributed by atoms with Crippen LogP contribution in [0, 0.1) is 17.8 Å². The van der Waals surface area contributed by atoms with Gasteiger partial charge in [-0.3, -0.25) is 24.1 Å². The van der Waals surface area contributed by atoms with Crippen molar-refractivity contribution in [2.24, 2.45) is 23.5 Å². The van der Waals surface area contributed by atoms with E-state index in [-0.39, 0.29) is 47.3 Å². The third kappa shape index (κ3) is 4.64. The van der Waals surface area contributed by atoms with E-state index in [1.54, 1.807) is 33.1 Å². The molecule has 0 saturated heterocycles. The molecular formula is C30H38ClN5O8. The van der Waals surface area contributed by atoms with E-state index in [4.69, 9.17) is 17.3 Å². The topological polar surface area (TPSA) is 206 Å². The molecule has 4 atom stereocenters. The van der Waals surface area contributed by atoms with E-state index in [2.05, 4.69) is 17.6 Å². The number of nitrogens with zero attached hydrogens (tertiary/aromatic N) is 2. The molecule has 1 fully saturated rings. The van der Waals surface area contributed by atoms with E-state index in [9.17, 15) is 39.6 Å². The van der Waals surface area contributed by atoms with Crippen LogP contribution in [0.4, 0.5) is 11.4 Å². The number of aliphatic hydroxyl groups is 3. The Morgan fingerprint density at radius 2 is 1.73 bits per heavy atom. The van der Waals surface area contributed by atoms with Crippen molar-refractivity contribution in [2.45, 2.75) is 50.3 Å². The SMILES string of the molecule is CC1CC(NCC(=O)Nc2c(O)c3c(c(N(C)C)c2Cl)CC2CC4[C@H](N(C)C)C(O)=C(C(N)=O)C(=O)C4(O)C(O)=C2C3=O)C1. The molecule has 2 amide bonds. The quantitative estimate of drug-likeness (QED) is 0.168. The van der Waals surface area contributed by atoms with Crippen molar-refractivity contribution in [1.82, 2.24) is 10.2 Å². The first-order chi connectivity index (χ1) is 20.5. The number of benzene rings is 1. The second-order valence-electron chi connectivity index (χ2n) is 12.8. The molecule has 238 valence electrons. The van der Waals surface area contributed by atoms with Crippen LogP contribution in [0.5, 0.6) is 5.75 Å². The lowest BCUT2D eigenvalue weighted by atomic mass is 9.58. The molecule has 0 radical (unpaired) electrons. The molecule has 14 heteroatoms. The predicted molar refractivity (Wildman–Crippen MR) is 162 cm³/mol. The number of phenols is 1. The molecule has 0 aromatic heterocycles. The van der Waals surface area contributed by atoms with Crippen molar-refractivity contribution < 1.29 is 39.6 Å². The lowest BCUT2D eigenvalue weighted by molar-refractivity contribution is -0.148. The third-order valence-corrected chi connectivity index (χ3v) is 9.81. The van der Waals surface area contributed by atoms with Crippen LogP contribution in [0.1, 0.15) is 42.1 Å². The molecule has 1 aromatic rings. The third-order valence-electron chi connectivity index (χ3n) is 9.44. The van der Waals surface area contributed by atoms with Crippen LogP contribution in [0.15, 0.2) is 22.7 Å². The number of hydrogen-bond donors (Lipinski definition) is 7. The number of anilines is 2. The maximum atomic E-state index is 14.2. The number of ketones is 2. The van der Waals surface area contributed by atoms with Crippen molar-refractivity contribution in [3.8, 4) is 5.75 Å². The number of carbonyl (C=O) groups excluding carboxylic acids is 4. The van der Waals surface area contributed by atoms with Gasteiger partial charge in [-0.15, -0.1) is 0 Å². The van der Waals surface area contributed by atoms with Gasteiger partial charge < -0.3 is 41.7 Å². The van der Waals surface area contributed by atoms with E-state index >= 15 is 0 Å². The minimum atomic E-state index is -2.75. The summed E-state index contributed by atoms with van der Waals surface area (Å²) in [6.45, 7) is 2.07. The first-order valence-electron chi connectivity index (χ1n) is 14.4. The number of hydrogen-bond acceptors (Lipinski definition) is 11. The number of amides is 2. The van der Waals surface area contributed by atoms with Gasteiger partial charge in [0.05, 0.1) is 28.9 Å². The smallest absolute Gasteiger partial charge is 0.255 e. The maximum absolute atomic E-state index is 14.2. The molecule has 8 N–H and O–H groups in total. The average molecular weight is 632 g/mol. The summed E-state index contributed by atoms with van der Waals surface area (Å²) in [5.41, 5.74) is 1.76. The van der Waals surface area contributed by atoms with Crippen molar-refractivity contribution in [1.29, 1.82) is 0 Å². The number of carbonyl (C=O) groups is 4. The van der Waals surface area contributed by atoms with Crippen LogP contribution in [-0.4, -0.2) is 101 Å². The summed E-state index contributed by atoms with van der Waals surface area (Å²) in [5.74, 6) is -7.53. The number of aliphatic hydroxyl groups excluding tert-OH is 2. The van der Waals surface area contributed by atoms with Gasteiger partial charge in [0.15, 0.2) is 17.1 Å². The number of nitrogens with one attached hydrogen (secondary N) is 2. The number of phenolic OH excluding ortho intramolecular Hbond substituents is 1. The minimum absolute atomic E-state index is 0.0133. The second kappa shape index (κ2) is 11.1. The largest absolute Gasteiger partial charge is 0.510 e. The molecule has 4 aliphatic rings. The highest BCUT2D eigenvalue weighted by atomic mass is 35.5. The van der Waals surface area contributed by atoms with Gasteiger partial charge in [-0.25, -0.2) is 0 Å². The standard InChI is InChI=1S/C30H38ClN5O8/c1-11-6-13(7-11)33-10-16(37)34-21-20(31)22(35(2)3)14-8-12-9-15-23(36(4)5)26(40)19(29(32)43)28(42)30(15,44)27(41)17(12)24(38)18(14)25(21)39/h11-13,15,23,33,39-41,44H,6-10H2,1-5H3,(H2,32,43)(H,34,37)/t11?,12?,13?,15?,23-,30?/m0/s1. The van der Waals surface area contributed by atoms with Gasteiger partial charge in [0.1, 0.15) is 22.8 Å². The number of nitrogens with two attached hydrogens (primary N) is 1. The van der Waals surface area contributed by atoms with E-state index in [0.29, 0.717) is 17.2 Å². The monoisotopic (exact) mass is 631 g/mol. The summed E-state index contributed by atoms with van der Waals surface area (Å²) in [6, 6.07) is -0.892. The van der Waals surface area contributed by atoms with Gasteiger partial charge in [-0.05, 0) is 57.2 Å². The Morgan fingerprint density at radius 3 is 2.27 bits per heavy atom. The Bertz CT molecular complexity index is 1550. The van der Waals surface area contributed by atoms with Gasteiger partial charge in [-0.2, -0.15) is 0 Å². The summed E-state index contributed by atoms with van der Waals surface area (Å²) in [4.78, 5) is 55.9. The average Bonchev–Trinajstić information content (AvgIpc) is 2.89. The zero-order valence-electron chi connectivity index (χ0n) is 25.2. The van der Waals surface area contributed by atoms with Crippen LogP contribution in [0.3, 0.4) is 0 Å². The number of halogens is 1. The van der Waals surface area contributed by atoms with Gasteiger partial charge in [0, 0.05) is 31.6 Å². The molecule has 0 heterocycles. The molecule has 44 heavy (non-hydrogen) atoms. The van der Waals surface area contributed by atoms with E-state index in [1.807, 2.05) is 0 Å². The van der Waals surface area contributed by atoms with Crippen molar-refractivity contribution in [2.75, 3.05) is 45.0 Å². The van der Waals surface area contributed by atoms with Crippen LogP contribution in [-0.2, 0) is 20.8 Å². The molecule has 1 aromatic carbocycles. The molecule has 0 bridgehead atoms. The normalized spacial score (nSPS) is 29.6. The van der Waals surface area contributed by atoms with Gasteiger partial charge in [-0.1, -0.05) is 18.5 Å². The second-order valence-corrected chi connectivity index (χ2v) is 13.2. The van der Waals surface area contributed by atoms with Gasteiger partial charge >= 0.3 is 0 Å². The summed E-state index contributed by atoms with van der Waals surface area (Å²) < 4.78 is 0. The summed E-state index contributed by atoms with van der Waals surface area (Å²) in [7, 11) is 6.50.